The minimum atomic E-state index is -0.901. The third-order valence-corrected chi connectivity index (χ3v) is 12.2. The quantitative estimate of drug-likeness (QED) is 0.148. The Morgan fingerprint density at radius 1 is 0.774 bits per heavy atom. The van der Waals surface area contributed by atoms with E-state index in [0.29, 0.717) is 11.4 Å². The van der Waals surface area contributed by atoms with Gasteiger partial charge in [0.1, 0.15) is 0 Å². The molecule has 1 aliphatic heterocycles. The SMILES string of the molecule is CCCC[P+](CCCC)(CCCC)CCCCN1C(=O)C=C(Sc2ccccc2)C1=O. The molecule has 0 N–H and O–H groups in total. The Hall–Kier alpha value is -1.12. The molecule has 1 aromatic carbocycles. The Balaban J connectivity index is 1.88. The summed E-state index contributed by atoms with van der Waals surface area (Å²) in [7, 11) is -0.901. The number of amides is 2. The second-order valence-corrected chi connectivity index (χ2v) is 14.3. The number of rotatable bonds is 16. The maximum absolute atomic E-state index is 12.8. The largest absolute Gasteiger partial charge is 0.274 e. The monoisotopic (exact) mass is 462 g/mol. The highest BCUT2D eigenvalue weighted by Gasteiger charge is 2.35. The number of unbranched alkanes of at least 4 members (excludes halogenated alkanes) is 4. The van der Waals surface area contributed by atoms with Crippen LogP contribution in [-0.4, -0.2) is 47.9 Å². The van der Waals surface area contributed by atoms with Gasteiger partial charge in [-0.2, -0.15) is 0 Å². The number of benzene rings is 1. The third-order valence-electron chi connectivity index (χ3n) is 6.17. The lowest BCUT2D eigenvalue weighted by Crippen LogP contribution is -2.32. The van der Waals surface area contributed by atoms with E-state index in [4.69, 9.17) is 0 Å². The number of hydrogen-bond donors (Lipinski definition) is 0. The molecule has 1 heterocycles. The van der Waals surface area contributed by atoms with Crippen LogP contribution in [0.25, 0.3) is 0 Å². The maximum atomic E-state index is 12.8. The molecule has 0 saturated carbocycles. The Kier molecular flexibility index (Phi) is 11.9. The van der Waals surface area contributed by atoms with Crippen LogP contribution in [0.2, 0.25) is 0 Å². The molecule has 0 bridgehead atoms. The van der Waals surface area contributed by atoms with Gasteiger partial charge in [0.2, 0.25) is 0 Å². The van der Waals surface area contributed by atoms with Gasteiger partial charge < -0.3 is 0 Å². The van der Waals surface area contributed by atoms with Crippen molar-refractivity contribution in [3.8, 4) is 0 Å². The summed E-state index contributed by atoms with van der Waals surface area (Å²) in [5.74, 6) is -0.268. The number of imide groups is 1. The standard InChI is InChI=1S/C26H41NO2PS/c1-4-7-18-30(19-8-5-2,20-9-6-3)21-14-13-17-27-25(28)22-24(26(27)29)31-23-15-11-10-12-16-23/h10-12,15-16,22H,4-9,13-14,17-21H2,1-3H3/q+1. The summed E-state index contributed by atoms with van der Waals surface area (Å²) in [6.45, 7) is 7.47. The molecule has 1 aliphatic rings. The summed E-state index contributed by atoms with van der Waals surface area (Å²) in [6, 6.07) is 9.80. The van der Waals surface area contributed by atoms with Crippen LogP contribution in [0.15, 0.2) is 46.2 Å². The minimum Gasteiger partial charge on any atom is -0.274 e. The van der Waals surface area contributed by atoms with Gasteiger partial charge in [0.15, 0.2) is 0 Å². The number of carbonyl (C=O) groups is 2. The number of nitrogens with zero attached hydrogens (tertiary/aromatic N) is 1. The van der Waals surface area contributed by atoms with E-state index in [-0.39, 0.29) is 11.8 Å². The molecule has 0 fully saturated rings. The fraction of sp³-hybridized carbons (Fsp3) is 0.615. The topological polar surface area (TPSA) is 37.4 Å². The average molecular weight is 463 g/mol. The minimum absolute atomic E-state index is 0.122. The van der Waals surface area contributed by atoms with Crippen LogP contribution in [0.4, 0.5) is 0 Å². The highest BCUT2D eigenvalue weighted by Crippen LogP contribution is 2.61. The van der Waals surface area contributed by atoms with E-state index < -0.39 is 7.26 Å². The first-order valence-electron chi connectivity index (χ1n) is 12.2. The zero-order valence-electron chi connectivity index (χ0n) is 19.8. The summed E-state index contributed by atoms with van der Waals surface area (Å²) in [6.07, 6.45) is 17.1. The second kappa shape index (κ2) is 14.1. The van der Waals surface area contributed by atoms with Crippen molar-refractivity contribution in [1.82, 2.24) is 4.90 Å². The van der Waals surface area contributed by atoms with Crippen LogP contribution in [0, 0.1) is 0 Å². The van der Waals surface area contributed by atoms with Gasteiger partial charge in [-0.05, 0) is 44.2 Å². The van der Waals surface area contributed by atoms with Gasteiger partial charge in [-0.25, -0.2) is 0 Å². The van der Waals surface area contributed by atoms with Gasteiger partial charge in [0, 0.05) is 24.8 Å². The Bertz CT molecular complexity index is 698. The van der Waals surface area contributed by atoms with Crippen molar-refractivity contribution in [2.75, 3.05) is 31.2 Å². The highest BCUT2D eigenvalue weighted by molar-refractivity contribution is 8.04. The van der Waals surface area contributed by atoms with E-state index in [1.165, 1.54) is 85.9 Å². The summed E-state index contributed by atoms with van der Waals surface area (Å²) < 4.78 is 0. The Morgan fingerprint density at radius 3 is 1.87 bits per heavy atom. The molecule has 31 heavy (non-hydrogen) atoms. The van der Waals surface area contributed by atoms with Crippen LogP contribution in [0.1, 0.15) is 72.1 Å². The lowest BCUT2D eigenvalue weighted by molar-refractivity contribution is -0.136. The zero-order valence-corrected chi connectivity index (χ0v) is 21.5. The zero-order chi connectivity index (χ0) is 22.5. The van der Waals surface area contributed by atoms with Crippen molar-refractivity contribution in [2.24, 2.45) is 0 Å². The molecular weight excluding hydrogens is 421 g/mol. The maximum Gasteiger partial charge on any atom is 0.267 e. The van der Waals surface area contributed by atoms with Gasteiger partial charge in [0.25, 0.3) is 11.8 Å². The van der Waals surface area contributed by atoms with Crippen molar-refractivity contribution in [3.63, 3.8) is 0 Å². The Labute approximate surface area is 194 Å². The first-order chi connectivity index (χ1) is 15.0. The van der Waals surface area contributed by atoms with Crippen molar-refractivity contribution < 1.29 is 9.59 Å². The van der Waals surface area contributed by atoms with E-state index in [0.717, 1.165) is 17.7 Å². The van der Waals surface area contributed by atoms with Crippen molar-refractivity contribution in [3.05, 3.63) is 41.3 Å². The van der Waals surface area contributed by atoms with Crippen LogP contribution >= 0.6 is 19.0 Å². The van der Waals surface area contributed by atoms with Crippen LogP contribution in [0.3, 0.4) is 0 Å². The normalized spacial score (nSPS) is 14.4. The molecule has 0 unspecified atom stereocenters. The average Bonchev–Trinajstić information content (AvgIpc) is 3.05. The molecular formula is C26H41NO2PS+. The number of carbonyl (C=O) groups excluding carboxylic acids is 2. The van der Waals surface area contributed by atoms with Crippen LogP contribution in [0.5, 0.6) is 0 Å². The van der Waals surface area contributed by atoms with Gasteiger partial charge in [-0.15, -0.1) is 0 Å². The molecule has 0 aliphatic carbocycles. The lowest BCUT2D eigenvalue weighted by atomic mass is 10.3. The molecule has 1 aromatic rings. The molecule has 0 atom stereocenters. The van der Waals surface area contributed by atoms with Crippen molar-refractivity contribution in [2.45, 2.75) is 77.0 Å². The first kappa shape index (κ1) is 26.1. The smallest absolute Gasteiger partial charge is 0.267 e. The summed E-state index contributed by atoms with van der Waals surface area (Å²) in [5, 5.41) is 0. The molecule has 172 valence electrons. The third kappa shape index (κ3) is 8.39. The molecule has 3 nitrogen and oxygen atoms in total. The number of hydrogen-bond acceptors (Lipinski definition) is 3. The fourth-order valence-electron chi connectivity index (χ4n) is 4.25. The number of thioether (sulfide) groups is 1. The molecule has 0 spiro atoms. The van der Waals surface area contributed by atoms with E-state index in [2.05, 4.69) is 20.8 Å². The predicted molar refractivity (Wildman–Crippen MR) is 137 cm³/mol. The summed E-state index contributed by atoms with van der Waals surface area (Å²) in [5.41, 5.74) is 0. The Morgan fingerprint density at radius 2 is 1.32 bits per heavy atom. The molecule has 0 saturated heterocycles. The van der Waals surface area contributed by atoms with Gasteiger partial charge in [0.05, 0.1) is 29.6 Å². The summed E-state index contributed by atoms with van der Waals surface area (Å²) in [4.78, 5) is 28.2. The summed E-state index contributed by atoms with van der Waals surface area (Å²) >= 11 is 1.39. The van der Waals surface area contributed by atoms with E-state index >= 15 is 0 Å². The molecule has 2 amide bonds. The van der Waals surface area contributed by atoms with Crippen LogP contribution in [-0.2, 0) is 9.59 Å². The van der Waals surface area contributed by atoms with Gasteiger partial charge in [-0.3, -0.25) is 14.5 Å². The second-order valence-electron chi connectivity index (χ2n) is 8.72. The fourth-order valence-corrected chi connectivity index (χ4v) is 10.4. The van der Waals surface area contributed by atoms with Crippen molar-refractivity contribution in [1.29, 1.82) is 0 Å². The molecule has 5 heteroatoms. The highest BCUT2D eigenvalue weighted by atomic mass is 32.2. The van der Waals surface area contributed by atoms with Gasteiger partial charge in [-0.1, -0.05) is 70.0 Å². The molecule has 2 rings (SSSR count). The van der Waals surface area contributed by atoms with Gasteiger partial charge >= 0.3 is 0 Å². The van der Waals surface area contributed by atoms with Crippen LogP contribution < -0.4 is 0 Å². The predicted octanol–water partition coefficient (Wildman–Crippen LogP) is 7.23. The molecule has 0 radical (unpaired) electrons. The molecule has 0 aromatic heterocycles. The first-order valence-corrected chi connectivity index (χ1v) is 15.6. The van der Waals surface area contributed by atoms with E-state index in [9.17, 15) is 9.59 Å². The van der Waals surface area contributed by atoms with E-state index in [1.54, 1.807) is 0 Å². The lowest BCUT2D eigenvalue weighted by Gasteiger charge is -2.28. The van der Waals surface area contributed by atoms with E-state index in [1.807, 2.05) is 30.3 Å². The van der Waals surface area contributed by atoms with Crippen molar-refractivity contribution >= 4 is 30.8 Å².